The zero-order chi connectivity index (χ0) is 27.1. The van der Waals surface area contributed by atoms with Crippen molar-refractivity contribution in [2.24, 2.45) is 0 Å². The summed E-state index contributed by atoms with van der Waals surface area (Å²) < 4.78 is 47.9. The number of fused-ring (bicyclic) bond motifs is 1. The highest BCUT2D eigenvalue weighted by Gasteiger charge is 2.26. The lowest BCUT2D eigenvalue weighted by Crippen LogP contribution is -2.43. The van der Waals surface area contributed by atoms with Crippen LogP contribution in [0.5, 0.6) is 0 Å². The van der Waals surface area contributed by atoms with Gasteiger partial charge in [-0.25, -0.2) is 9.97 Å². The van der Waals surface area contributed by atoms with Gasteiger partial charge in [-0.15, -0.1) is 12.4 Å². The molecule has 0 aromatic carbocycles. The van der Waals surface area contributed by atoms with Gasteiger partial charge in [0, 0.05) is 66.0 Å². The molecule has 2 aliphatic rings. The minimum atomic E-state index is -3.14. The van der Waals surface area contributed by atoms with Crippen molar-refractivity contribution in [1.29, 1.82) is 0 Å². The summed E-state index contributed by atoms with van der Waals surface area (Å²) in [4.78, 5) is 29.2. The van der Waals surface area contributed by atoms with Crippen LogP contribution in [0.15, 0.2) is 30.6 Å². The molecule has 9 nitrogen and oxygen atoms in total. The fourth-order valence-electron chi connectivity index (χ4n) is 4.56. The number of nitrogens with zero attached hydrogens (tertiary/aromatic N) is 6. The summed E-state index contributed by atoms with van der Waals surface area (Å²) in [6, 6.07) is 5.20. The van der Waals surface area contributed by atoms with Crippen molar-refractivity contribution >= 4 is 46.8 Å². The number of rotatable bonds is 5. The SMILES string of the molecule is Cl.[2H]C([2H])([2H])N(C(=O)c1cc2cnc(Nc3ccc(N4CCNCC4)cn3)nc2n1C1CCCC1)C([2H])([2H])[2H]. The maximum atomic E-state index is 13.4. The molecule has 1 aliphatic heterocycles. The molecule has 33 heavy (non-hydrogen) atoms. The molecule has 1 amide bonds. The number of carbonyl (C=O) groups excluding carboxylic acids is 1. The van der Waals surface area contributed by atoms with Gasteiger partial charge in [0.2, 0.25) is 5.95 Å². The molecule has 4 heterocycles. The molecular formula is C23H31ClN8O. The first-order valence-corrected chi connectivity index (χ1v) is 10.9. The van der Waals surface area contributed by atoms with Gasteiger partial charge in [-0.05, 0) is 31.0 Å². The molecule has 2 N–H and O–H groups in total. The van der Waals surface area contributed by atoms with E-state index in [-0.39, 0.29) is 35.0 Å². The molecule has 0 spiro atoms. The molecule has 5 rings (SSSR count). The van der Waals surface area contributed by atoms with Crippen LogP contribution in [0.2, 0.25) is 0 Å². The Labute approximate surface area is 208 Å². The number of pyridine rings is 1. The zero-order valence-corrected chi connectivity index (χ0v) is 18.9. The molecule has 1 saturated carbocycles. The summed E-state index contributed by atoms with van der Waals surface area (Å²) in [5, 5.41) is 6.94. The number of hydrogen-bond donors (Lipinski definition) is 2. The number of amides is 1. The van der Waals surface area contributed by atoms with Crippen molar-refractivity contribution < 1.29 is 13.0 Å². The molecule has 0 radical (unpaired) electrons. The van der Waals surface area contributed by atoms with Crippen LogP contribution < -0.4 is 15.5 Å². The van der Waals surface area contributed by atoms with Gasteiger partial charge in [0.15, 0.2) is 0 Å². The molecule has 2 fully saturated rings. The standard InChI is InChI=1S/C23H30N8O.ClH/c1-29(2)22(32)19-13-16-14-26-23(28-21(16)31(19)17-5-3-4-6-17)27-20-8-7-18(15-25-20)30-11-9-24-10-12-30;/h7-8,13-15,17,24H,3-6,9-12H2,1-2H3,(H,25,26,27,28);1H/i1D3,2D3;. The molecule has 176 valence electrons. The van der Waals surface area contributed by atoms with Gasteiger partial charge < -0.3 is 25.0 Å². The summed E-state index contributed by atoms with van der Waals surface area (Å²) in [6.45, 7) is -2.60. The Balaban J connectivity index is 0.00000353. The lowest BCUT2D eigenvalue weighted by atomic mass is 10.2. The van der Waals surface area contributed by atoms with Crippen LogP contribution in [0.4, 0.5) is 17.5 Å². The Hall–Kier alpha value is -2.91. The minimum Gasteiger partial charge on any atom is -0.368 e. The van der Waals surface area contributed by atoms with E-state index in [1.54, 1.807) is 10.8 Å². The fourth-order valence-corrected chi connectivity index (χ4v) is 4.56. The Kier molecular flexibility index (Phi) is 5.01. The van der Waals surface area contributed by atoms with Crippen LogP contribution >= 0.6 is 12.4 Å². The van der Waals surface area contributed by atoms with E-state index in [1.807, 2.05) is 12.1 Å². The molecule has 1 aliphatic carbocycles. The number of halogens is 1. The van der Waals surface area contributed by atoms with Crippen molar-refractivity contribution in [2.75, 3.05) is 50.3 Å². The van der Waals surface area contributed by atoms with Gasteiger partial charge in [0.1, 0.15) is 17.2 Å². The summed E-state index contributed by atoms with van der Waals surface area (Å²) in [5.41, 5.74) is 1.44. The van der Waals surface area contributed by atoms with Crippen molar-refractivity contribution in [1.82, 2.24) is 29.7 Å². The Morgan fingerprint density at radius 3 is 2.67 bits per heavy atom. The zero-order valence-electron chi connectivity index (χ0n) is 24.1. The van der Waals surface area contributed by atoms with Crippen molar-refractivity contribution in [2.45, 2.75) is 31.7 Å². The highest BCUT2D eigenvalue weighted by atomic mass is 35.5. The lowest BCUT2D eigenvalue weighted by molar-refractivity contribution is 0.0815. The average molecular weight is 477 g/mol. The van der Waals surface area contributed by atoms with E-state index in [0.29, 0.717) is 16.9 Å². The minimum absolute atomic E-state index is 0. The first-order chi connectivity index (χ1) is 18.0. The third-order valence-electron chi connectivity index (χ3n) is 6.16. The first kappa shape index (κ1) is 16.7. The van der Waals surface area contributed by atoms with Crippen LogP contribution in [0.25, 0.3) is 11.0 Å². The number of anilines is 3. The molecule has 1 saturated heterocycles. The van der Waals surface area contributed by atoms with E-state index in [9.17, 15) is 4.79 Å². The molecule has 3 aromatic rings. The molecule has 0 unspecified atom stereocenters. The second-order valence-electron chi connectivity index (χ2n) is 8.21. The maximum Gasteiger partial charge on any atom is 0.270 e. The Morgan fingerprint density at radius 1 is 1.18 bits per heavy atom. The van der Waals surface area contributed by atoms with Crippen LogP contribution in [0.3, 0.4) is 0 Å². The van der Waals surface area contributed by atoms with Gasteiger partial charge >= 0.3 is 0 Å². The lowest BCUT2D eigenvalue weighted by Gasteiger charge is -2.29. The largest absolute Gasteiger partial charge is 0.368 e. The maximum absolute atomic E-state index is 13.4. The number of nitrogens with one attached hydrogen (secondary N) is 2. The van der Waals surface area contributed by atoms with E-state index < -0.39 is 19.9 Å². The normalized spacial score (nSPS) is 20.1. The third-order valence-corrected chi connectivity index (χ3v) is 6.16. The van der Waals surface area contributed by atoms with Crippen molar-refractivity contribution in [3.05, 3.63) is 36.3 Å². The monoisotopic (exact) mass is 476 g/mol. The van der Waals surface area contributed by atoms with Gasteiger partial charge in [0.25, 0.3) is 5.91 Å². The van der Waals surface area contributed by atoms with E-state index in [1.165, 1.54) is 12.3 Å². The number of carbonyl (C=O) groups is 1. The Bertz CT molecular complexity index is 1290. The fraction of sp³-hybridized carbons (Fsp3) is 0.478. The predicted molar refractivity (Wildman–Crippen MR) is 133 cm³/mol. The first-order valence-electron chi connectivity index (χ1n) is 13.9. The molecule has 3 aromatic heterocycles. The van der Waals surface area contributed by atoms with Crippen molar-refractivity contribution in [3.8, 4) is 0 Å². The summed E-state index contributed by atoms with van der Waals surface area (Å²) in [7, 11) is 0. The quantitative estimate of drug-likeness (QED) is 0.584. The molecular weight excluding hydrogens is 440 g/mol. The molecule has 0 bridgehead atoms. The average Bonchev–Trinajstić information content (AvgIpc) is 3.51. The number of piperazine rings is 1. The third kappa shape index (κ3) is 4.74. The van der Waals surface area contributed by atoms with Crippen LogP contribution in [-0.4, -0.2) is 70.5 Å². The van der Waals surface area contributed by atoms with Gasteiger partial charge in [-0.3, -0.25) is 4.79 Å². The second-order valence-corrected chi connectivity index (χ2v) is 8.21. The van der Waals surface area contributed by atoms with Gasteiger partial charge in [-0.1, -0.05) is 12.8 Å². The summed E-state index contributed by atoms with van der Waals surface area (Å²) in [6.07, 6.45) is 6.76. The van der Waals surface area contributed by atoms with Crippen LogP contribution in [0.1, 0.15) is 50.4 Å². The Morgan fingerprint density at radius 2 is 1.97 bits per heavy atom. The highest BCUT2D eigenvalue weighted by molar-refractivity contribution is 5.97. The van der Waals surface area contributed by atoms with E-state index in [4.69, 9.17) is 8.22 Å². The molecule has 0 atom stereocenters. The summed E-state index contributed by atoms with van der Waals surface area (Å²) >= 11 is 0. The topological polar surface area (TPSA) is 91.2 Å². The van der Waals surface area contributed by atoms with Gasteiger partial charge in [-0.2, -0.15) is 4.98 Å². The van der Waals surface area contributed by atoms with Crippen molar-refractivity contribution in [3.63, 3.8) is 0 Å². The van der Waals surface area contributed by atoms with E-state index in [2.05, 4.69) is 30.5 Å². The number of hydrogen-bond acceptors (Lipinski definition) is 7. The van der Waals surface area contributed by atoms with Gasteiger partial charge in [0.05, 0.1) is 11.9 Å². The highest BCUT2D eigenvalue weighted by Crippen LogP contribution is 2.35. The summed E-state index contributed by atoms with van der Waals surface area (Å²) in [5.74, 6) is -0.274. The number of aromatic nitrogens is 4. The predicted octanol–water partition coefficient (Wildman–Crippen LogP) is 3.22. The smallest absolute Gasteiger partial charge is 0.270 e. The van der Waals surface area contributed by atoms with Crippen LogP contribution in [0, 0.1) is 0 Å². The van der Waals surface area contributed by atoms with E-state index in [0.717, 1.165) is 57.5 Å². The van der Waals surface area contributed by atoms with E-state index >= 15 is 0 Å². The second kappa shape index (κ2) is 9.93. The van der Waals surface area contributed by atoms with Crippen LogP contribution in [-0.2, 0) is 0 Å². The molecule has 10 heteroatoms.